The van der Waals surface area contributed by atoms with Crippen molar-refractivity contribution < 1.29 is 19.8 Å². The van der Waals surface area contributed by atoms with E-state index in [4.69, 9.17) is 0 Å². The van der Waals surface area contributed by atoms with E-state index >= 15 is 0 Å². The van der Waals surface area contributed by atoms with E-state index in [2.05, 4.69) is 59.9 Å². The molecule has 5 aliphatic carbocycles. The van der Waals surface area contributed by atoms with Crippen molar-refractivity contribution in [2.45, 2.75) is 125 Å². The van der Waals surface area contributed by atoms with Crippen molar-refractivity contribution in [2.24, 2.45) is 63.6 Å². The lowest BCUT2D eigenvalue weighted by atomic mass is 9.44. The number of allylic oxidation sites excluding steroid dienone is 6. The van der Waals surface area contributed by atoms with Crippen LogP contribution in [0, 0.1) is 63.6 Å². The Bertz CT molecular complexity index is 1240. The molecule has 0 bridgehead atoms. The van der Waals surface area contributed by atoms with E-state index in [9.17, 15) is 19.8 Å². The molecule has 0 aromatic carbocycles. The summed E-state index contributed by atoms with van der Waals surface area (Å²) in [5.74, 6) is 0.889. The molecule has 0 spiro atoms. The lowest BCUT2D eigenvalue weighted by Gasteiger charge is -2.59. The Balaban J connectivity index is 1.56. The highest BCUT2D eigenvalue weighted by atomic mass is 16.4. The zero-order valence-electron chi connectivity index (χ0n) is 28.6. The van der Waals surface area contributed by atoms with E-state index in [1.54, 1.807) is 0 Å². The van der Waals surface area contributed by atoms with Gasteiger partial charge < -0.3 is 10.2 Å². The summed E-state index contributed by atoms with van der Waals surface area (Å²) < 4.78 is 0. The van der Waals surface area contributed by atoms with Gasteiger partial charge in [0.1, 0.15) is 0 Å². The van der Waals surface area contributed by atoms with Crippen molar-refractivity contribution in [3.05, 3.63) is 47.6 Å². The molecule has 3 fully saturated rings. The molecule has 244 valence electrons. The zero-order valence-corrected chi connectivity index (χ0v) is 28.6. The molecule has 2 N–H and O–H groups in total. The van der Waals surface area contributed by atoms with Crippen molar-refractivity contribution in [1.29, 1.82) is 0 Å². The van der Waals surface area contributed by atoms with Crippen LogP contribution < -0.4 is 0 Å². The fourth-order valence-electron chi connectivity index (χ4n) is 11.8. The molecule has 10 atom stereocenters. The van der Waals surface area contributed by atoms with Crippen LogP contribution in [-0.2, 0) is 9.59 Å². The molecule has 4 heteroatoms. The number of hydrogen-bond donors (Lipinski definition) is 2. The molecule has 0 amide bonds. The van der Waals surface area contributed by atoms with E-state index in [1.165, 1.54) is 28.7 Å². The fourth-order valence-corrected chi connectivity index (χ4v) is 11.8. The van der Waals surface area contributed by atoms with Gasteiger partial charge >= 0.3 is 11.9 Å². The molecule has 0 aromatic heterocycles. The van der Waals surface area contributed by atoms with E-state index in [-0.39, 0.29) is 29.1 Å². The lowest BCUT2D eigenvalue weighted by molar-refractivity contribution is -0.166. The summed E-state index contributed by atoms with van der Waals surface area (Å²) in [6, 6.07) is 0. The summed E-state index contributed by atoms with van der Waals surface area (Å²) in [4.78, 5) is 26.6. The van der Waals surface area contributed by atoms with Crippen LogP contribution in [0.1, 0.15) is 125 Å². The Labute approximate surface area is 267 Å². The number of rotatable bonds is 5. The predicted octanol–water partition coefficient (Wildman–Crippen LogP) is 10.3. The Morgan fingerprint density at radius 3 is 2.27 bits per heavy atom. The van der Waals surface area contributed by atoms with E-state index in [0.717, 1.165) is 70.6 Å². The number of carbonyl (C=O) groups is 2. The maximum Gasteiger partial charge on any atom is 0.310 e. The third kappa shape index (κ3) is 5.38. The van der Waals surface area contributed by atoms with Gasteiger partial charge in [-0.2, -0.15) is 0 Å². The van der Waals surface area contributed by atoms with Gasteiger partial charge in [-0.1, -0.05) is 74.8 Å². The smallest absolute Gasteiger partial charge is 0.310 e. The molecular weight excluding hydrogens is 544 g/mol. The Kier molecular flexibility index (Phi) is 9.26. The van der Waals surface area contributed by atoms with Crippen LogP contribution >= 0.6 is 0 Å². The third-order valence-corrected chi connectivity index (χ3v) is 14.4. The van der Waals surface area contributed by atoms with Crippen molar-refractivity contribution in [1.82, 2.24) is 0 Å². The highest BCUT2D eigenvalue weighted by molar-refractivity contribution is 5.77. The highest BCUT2D eigenvalue weighted by Crippen LogP contribution is 2.64. The van der Waals surface area contributed by atoms with Crippen LogP contribution in [0.4, 0.5) is 0 Å². The van der Waals surface area contributed by atoms with Gasteiger partial charge in [0.25, 0.3) is 0 Å². The lowest BCUT2D eigenvalue weighted by Crippen LogP contribution is -2.55. The normalized spacial score (nSPS) is 44.4. The van der Waals surface area contributed by atoms with Gasteiger partial charge in [-0.3, -0.25) is 9.59 Å². The fraction of sp³-hybridized carbons (Fsp3) is 0.750. The molecule has 4 nitrogen and oxygen atoms in total. The number of fused-ring (bicyclic) bond motifs is 3. The summed E-state index contributed by atoms with van der Waals surface area (Å²) >= 11 is 0. The number of aliphatic carboxylic acids is 2. The van der Waals surface area contributed by atoms with E-state index < -0.39 is 22.8 Å². The van der Waals surface area contributed by atoms with Gasteiger partial charge in [-0.15, -0.1) is 0 Å². The molecular formula is C40H60O4. The summed E-state index contributed by atoms with van der Waals surface area (Å²) in [6.07, 6.45) is 16.5. The molecule has 0 saturated heterocycles. The maximum atomic E-state index is 13.9. The second kappa shape index (κ2) is 12.3. The summed E-state index contributed by atoms with van der Waals surface area (Å²) in [7, 11) is 0. The van der Waals surface area contributed by atoms with Gasteiger partial charge in [0, 0.05) is 0 Å². The van der Waals surface area contributed by atoms with Crippen LogP contribution in [0.5, 0.6) is 0 Å². The second-order valence-electron chi connectivity index (χ2n) is 16.8. The minimum atomic E-state index is -0.833. The van der Waals surface area contributed by atoms with E-state index in [1.807, 2.05) is 6.92 Å². The van der Waals surface area contributed by atoms with Crippen molar-refractivity contribution >= 4 is 11.9 Å². The first-order valence-corrected chi connectivity index (χ1v) is 17.8. The summed E-state index contributed by atoms with van der Waals surface area (Å²) in [5, 5.41) is 21.9. The third-order valence-electron chi connectivity index (χ3n) is 14.4. The number of carboxylic acid groups (broad SMARTS) is 2. The monoisotopic (exact) mass is 604 g/mol. The van der Waals surface area contributed by atoms with Crippen LogP contribution in [0.3, 0.4) is 0 Å². The van der Waals surface area contributed by atoms with Crippen LogP contribution in [0.15, 0.2) is 47.6 Å². The standard InChI is InChI=1S/C40H60O4/c1-24(2)30-16-12-26(4)31-18-21-40(37(43)44)29(14-10-25(3)22-32(30)31)15-11-28(6)34(40)23-33-27(5)13-17-35-38(33,7)19-9-20-39(35,8)36(41)42/h11,22,24,29-35H,4-5,9-10,12-21,23H2,1-3,6-8H3,(H,41,42)(H,43,44)/b25-22+/t29?,30-,31-,32+,33-,34-,35-,38-,39-,40?/m1/s1. The second-order valence-corrected chi connectivity index (χ2v) is 16.8. The average molecular weight is 605 g/mol. The van der Waals surface area contributed by atoms with Crippen LogP contribution in [0.2, 0.25) is 0 Å². The number of hydrogen-bond acceptors (Lipinski definition) is 2. The van der Waals surface area contributed by atoms with Crippen molar-refractivity contribution in [3.8, 4) is 0 Å². The van der Waals surface area contributed by atoms with Gasteiger partial charge in [-0.25, -0.2) is 0 Å². The summed E-state index contributed by atoms with van der Waals surface area (Å²) in [6.45, 7) is 22.6. The molecule has 0 radical (unpaired) electrons. The first-order valence-electron chi connectivity index (χ1n) is 17.8. The molecule has 0 aliphatic heterocycles. The minimum absolute atomic E-state index is 0.0750. The largest absolute Gasteiger partial charge is 0.481 e. The molecule has 0 aromatic rings. The minimum Gasteiger partial charge on any atom is -0.481 e. The van der Waals surface area contributed by atoms with Crippen molar-refractivity contribution in [3.63, 3.8) is 0 Å². The zero-order chi connectivity index (χ0) is 32.2. The van der Waals surface area contributed by atoms with Crippen LogP contribution in [-0.4, -0.2) is 22.2 Å². The topological polar surface area (TPSA) is 74.6 Å². The van der Waals surface area contributed by atoms with Gasteiger partial charge in [0.2, 0.25) is 0 Å². The molecule has 3 saturated carbocycles. The number of carboxylic acids is 2. The predicted molar refractivity (Wildman–Crippen MR) is 179 cm³/mol. The average Bonchev–Trinajstić information content (AvgIpc) is 2.94. The molecule has 5 aliphatic rings. The highest BCUT2D eigenvalue weighted by Gasteiger charge is 2.60. The Morgan fingerprint density at radius 1 is 0.909 bits per heavy atom. The molecule has 5 rings (SSSR count). The summed E-state index contributed by atoms with van der Waals surface area (Å²) in [5.41, 5.74) is 3.42. The molecule has 2 unspecified atom stereocenters. The first kappa shape index (κ1) is 33.3. The van der Waals surface area contributed by atoms with Gasteiger partial charge in [-0.05, 0) is 151 Å². The van der Waals surface area contributed by atoms with Crippen LogP contribution in [0.25, 0.3) is 0 Å². The van der Waals surface area contributed by atoms with Crippen molar-refractivity contribution in [2.75, 3.05) is 0 Å². The quantitative estimate of drug-likeness (QED) is 0.306. The molecule has 44 heavy (non-hydrogen) atoms. The molecule has 0 heterocycles. The van der Waals surface area contributed by atoms with E-state index in [0.29, 0.717) is 30.1 Å². The van der Waals surface area contributed by atoms with Gasteiger partial charge in [0.05, 0.1) is 10.8 Å². The Morgan fingerprint density at radius 2 is 1.61 bits per heavy atom. The van der Waals surface area contributed by atoms with Gasteiger partial charge in [0.15, 0.2) is 0 Å². The SMILES string of the molecule is C=C1CC[C@H](C(C)C)[C@@H]2/C=C(\C)CCC3CC=C(C)[C@@H](C[C@@H]4C(=C)CC[C@@H]5[C@]4(C)CCC[C@@]5(C)C(=O)O)C3(C(=O)O)CC[C@H]12. The maximum absolute atomic E-state index is 13.9. The first-order chi connectivity index (χ1) is 20.7. The Hall–Kier alpha value is -2.10.